The minimum atomic E-state index is -0.130. The van der Waals surface area contributed by atoms with Gasteiger partial charge < -0.3 is 5.32 Å². The summed E-state index contributed by atoms with van der Waals surface area (Å²) in [6.07, 6.45) is 2.28. The summed E-state index contributed by atoms with van der Waals surface area (Å²) >= 11 is 0. The van der Waals surface area contributed by atoms with E-state index in [1.807, 2.05) is 6.07 Å². The van der Waals surface area contributed by atoms with Gasteiger partial charge in [0.2, 0.25) is 0 Å². The Morgan fingerprint density at radius 1 is 1.38 bits per heavy atom. The summed E-state index contributed by atoms with van der Waals surface area (Å²) in [4.78, 5) is 0. The number of hydrogen-bond donors (Lipinski definition) is 1. The highest BCUT2D eigenvalue weighted by Crippen LogP contribution is 2.39. The fourth-order valence-electron chi connectivity index (χ4n) is 2.88. The van der Waals surface area contributed by atoms with Crippen molar-refractivity contribution in [3.8, 4) is 0 Å². The molecule has 0 amide bonds. The smallest absolute Gasteiger partial charge is 0.123 e. The second kappa shape index (κ2) is 4.17. The van der Waals surface area contributed by atoms with E-state index in [2.05, 4.69) is 26.1 Å². The van der Waals surface area contributed by atoms with Gasteiger partial charge in [-0.25, -0.2) is 4.39 Å². The molecule has 1 aliphatic heterocycles. The van der Waals surface area contributed by atoms with E-state index >= 15 is 0 Å². The van der Waals surface area contributed by atoms with Crippen LogP contribution in [0.2, 0.25) is 0 Å². The van der Waals surface area contributed by atoms with E-state index in [0.29, 0.717) is 5.92 Å². The second-order valence-corrected chi connectivity index (χ2v) is 5.12. The molecule has 1 aromatic rings. The summed E-state index contributed by atoms with van der Waals surface area (Å²) in [5.74, 6) is 0.352. The minimum absolute atomic E-state index is 0.0216. The van der Waals surface area contributed by atoms with Crippen molar-refractivity contribution in [3.63, 3.8) is 0 Å². The van der Waals surface area contributed by atoms with Crippen LogP contribution in [0.15, 0.2) is 18.2 Å². The van der Waals surface area contributed by atoms with E-state index in [4.69, 9.17) is 0 Å². The van der Waals surface area contributed by atoms with Crippen LogP contribution in [0.5, 0.6) is 0 Å². The van der Waals surface area contributed by atoms with Gasteiger partial charge in [-0.1, -0.05) is 19.9 Å². The molecule has 2 rings (SSSR count). The molecule has 1 aliphatic rings. The molecule has 1 aromatic carbocycles. The van der Waals surface area contributed by atoms with E-state index in [1.54, 1.807) is 12.1 Å². The Balaban J connectivity index is 2.50. The van der Waals surface area contributed by atoms with Crippen LogP contribution in [0, 0.1) is 18.7 Å². The maximum Gasteiger partial charge on any atom is 0.123 e. The summed E-state index contributed by atoms with van der Waals surface area (Å²) in [6, 6.07) is 5.13. The zero-order valence-electron chi connectivity index (χ0n) is 10.3. The van der Waals surface area contributed by atoms with Gasteiger partial charge in [-0.05, 0) is 55.5 Å². The first-order chi connectivity index (χ1) is 7.56. The predicted octanol–water partition coefficient (Wildman–Crippen LogP) is 3.37. The Bertz CT molecular complexity index is 378. The summed E-state index contributed by atoms with van der Waals surface area (Å²) in [5.41, 5.74) is 2.30. The summed E-state index contributed by atoms with van der Waals surface area (Å²) in [7, 11) is 0. The molecule has 0 aromatic heterocycles. The van der Waals surface area contributed by atoms with Crippen LogP contribution >= 0.6 is 0 Å². The fraction of sp³-hybridized carbons (Fsp3) is 0.571. The molecule has 88 valence electrons. The molecule has 0 bridgehead atoms. The van der Waals surface area contributed by atoms with Crippen molar-refractivity contribution in [2.75, 3.05) is 6.54 Å². The highest BCUT2D eigenvalue weighted by atomic mass is 19.1. The van der Waals surface area contributed by atoms with Crippen molar-refractivity contribution < 1.29 is 4.39 Å². The van der Waals surface area contributed by atoms with Crippen LogP contribution in [0.3, 0.4) is 0 Å². The van der Waals surface area contributed by atoms with Crippen LogP contribution in [0.25, 0.3) is 0 Å². The third-order valence-electron chi connectivity index (χ3n) is 3.85. The number of hydrogen-bond acceptors (Lipinski definition) is 1. The van der Waals surface area contributed by atoms with Crippen LogP contribution in [-0.4, -0.2) is 6.54 Å². The standard InChI is InChI=1S/C14H20FN/c1-10(2)14(7-4-8-16-14)13-9-12(15)6-5-11(13)3/h5-6,9-10,16H,4,7-8H2,1-3H3. The highest BCUT2D eigenvalue weighted by Gasteiger charge is 2.39. The number of rotatable bonds is 2. The molecule has 1 heterocycles. The Hall–Kier alpha value is -0.890. The Morgan fingerprint density at radius 3 is 2.69 bits per heavy atom. The van der Waals surface area contributed by atoms with Crippen molar-refractivity contribution in [2.45, 2.75) is 39.2 Å². The van der Waals surface area contributed by atoms with Gasteiger partial charge in [0, 0.05) is 5.54 Å². The first kappa shape index (κ1) is 11.6. The molecule has 0 saturated carbocycles. The number of aryl methyl sites for hydroxylation is 1. The average molecular weight is 221 g/mol. The van der Waals surface area contributed by atoms with Gasteiger partial charge in [-0.2, -0.15) is 0 Å². The molecule has 1 saturated heterocycles. The van der Waals surface area contributed by atoms with Gasteiger partial charge in [0.05, 0.1) is 0 Å². The topological polar surface area (TPSA) is 12.0 Å². The van der Waals surface area contributed by atoms with E-state index in [9.17, 15) is 4.39 Å². The Morgan fingerprint density at radius 2 is 2.12 bits per heavy atom. The highest BCUT2D eigenvalue weighted by molar-refractivity contribution is 5.35. The number of nitrogens with one attached hydrogen (secondary N) is 1. The lowest BCUT2D eigenvalue weighted by Crippen LogP contribution is -2.42. The predicted molar refractivity (Wildman–Crippen MR) is 64.9 cm³/mol. The normalized spacial score (nSPS) is 25.3. The van der Waals surface area contributed by atoms with Gasteiger partial charge in [0.1, 0.15) is 5.82 Å². The Kier molecular flexibility index (Phi) is 3.02. The lowest BCUT2D eigenvalue weighted by Gasteiger charge is -2.36. The minimum Gasteiger partial charge on any atom is -0.307 e. The molecule has 0 spiro atoms. The second-order valence-electron chi connectivity index (χ2n) is 5.12. The molecular formula is C14H20FN. The molecule has 0 radical (unpaired) electrons. The number of halogens is 1. The molecule has 1 fully saturated rings. The summed E-state index contributed by atoms with van der Waals surface area (Å²) in [6.45, 7) is 7.53. The molecule has 1 nitrogen and oxygen atoms in total. The molecule has 1 unspecified atom stereocenters. The van der Waals surface area contributed by atoms with Gasteiger partial charge in [-0.15, -0.1) is 0 Å². The lowest BCUT2D eigenvalue weighted by atomic mass is 9.77. The van der Waals surface area contributed by atoms with Crippen molar-refractivity contribution >= 4 is 0 Å². The first-order valence-electron chi connectivity index (χ1n) is 6.08. The fourth-order valence-corrected chi connectivity index (χ4v) is 2.88. The third-order valence-corrected chi connectivity index (χ3v) is 3.85. The molecule has 0 aliphatic carbocycles. The zero-order chi connectivity index (χ0) is 11.8. The van der Waals surface area contributed by atoms with Crippen LogP contribution in [-0.2, 0) is 5.54 Å². The van der Waals surface area contributed by atoms with Crippen molar-refractivity contribution in [2.24, 2.45) is 5.92 Å². The van der Waals surface area contributed by atoms with E-state index in [-0.39, 0.29) is 11.4 Å². The van der Waals surface area contributed by atoms with E-state index < -0.39 is 0 Å². The summed E-state index contributed by atoms with van der Waals surface area (Å²) < 4.78 is 13.4. The van der Waals surface area contributed by atoms with Crippen LogP contribution in [0.4, 0.5) is 4.39 Å². The maximum absolute atomic E-state index is 13.4. The molecule has 2 heteroatoms. The zero-order valence-corrected chi connectivity index (χ0v) is 10.3. The maximum atomic E-state index is 13.4. The van der Waals surface area contributed by atoms with Crippen molar-refractivity contribution in [3.05, 3.63) is 35.1 Å². The SMILES string of the molecule is Cc1ccc(F)cc1C1(C(C)C)CCCN1. The number of benzene rings is 1. The van der Waals surface area contributed by atoms with Gasteiger partial charge in [-0.3, -0.25) is 0 Å². The van der Waals surface area contributed by atoms with Gasteiger partial charge >= 0.3 is 0 Å². The monoisotopic (exact) mass is 221 g/mol. The van der Waals surface area contributed by atoms with Crippen molar-refractivity contribution in [1.82, 2.24) is 5.32 Å². The quantitative estimate of drug-likeness (QED) is 0.807. The van der Waals surface area contributed by atoms with Crippen LogP contribution < -0.4 is 5.32 Å². The third kappa shape index (κ3) is 1.75. The van der Waals surface area contributed by atoms with E-state index in [0.717, 1.165) is 18.5 Å². The first-order valence-corrected chi connectivity index (χ1v) is 6.08. The largest absolute Gasteiger partial charge is 0.307 e. The molecule has 16 heavy (non-hydrogen) atoms. The van der Waals surface area contributed by atoms with Gasteiger partial charge in [0.25, 0.3) is 0 Å². The summed E-state index contributed by atoms with van der Waals surface area (Å²) in [5, 5.41) is 3.59. The molecule has 1 atom stereocenters. The molecule has 1 N–H and O–H groups in total. The van der Waals surface area contributed by atoms with E-state index in [1.165, 1.54) is 12.0 Å². The average Bonchev–Trinajstić information content (AvgIpc) is 2.71. The molecular weight excluding hydrogens is 201 g/mol. The van der Waals surface area contributed by atoms with Gasteiger partial charge in [0.15, 0.2) is 0 Å². The lowest BCUT2D eigenvalue weighted by molar-refractivity contribution is 0.275. The van der Waals surface area contributed by atoms with Crippen LogP contribution in [0.1, 0.15) is 37.8 Å². The van der Waals surface area contributed by atoms with Crippen molar-refractivity contribution in [1.29, 1.82) is 0 Å². The Labute approximate surface area is 97.1 Å².